The summed E-state index contributed by atoms with van der Waals surface area (Å²) in [5.74, 6) is 0.702. The molecule has 0 saturated heterocycles. The monoisotopic (exact) mass is 385 g/mol. The molecule has 0 aliphatic carbocycles. The Labute approximate surface area is 156 Å². The molecule has 1 unspecified atom stereocenters. The number of anilines is 1. The molecule has 0 amide bonds. The summed E-state index contributed by atoms with van der Waals surface area (Å²) >= 11 is 13.7. The van der Waals surface area contributed by atoms with E-state index in [1.165, 1.54) is 0 Å². The summed E-state index contributed by atoms with van der Waals surface area (Å²) in [5, 5.41) is 10.7. The highest BCUT2D eigenvalue weighted by Gasteiger charge is 2.10. The molecule has 0 radical (unpaired) electrons. The molecular formula is C16H21Cl2N5S. The van der Waals surface area contributed by atoms with Crippen molar-refractivity contribution in [2.45, 2.75) is 19.5 Å². The van der Waals surface area contributed by atoms with E-state index in [-0.39, 0.29) is 6.04 Å². The zero-order chi connectivity index (χ0) is 17.7. The van der Waals surface area contributed by atoms with Crippen LogP contribution in [-0.2, 0) is 6.54 Å². The first kappa shape index (κ1) is 18.8. The summed E-state index contributed by atoms with van der Waals surface area (Å²) in [6.07, 6.45) is 0. The van der Waals surface area contributed by atoms with E-state index in [2.05, 4.69) is 20.6 Å². The molecule has 24 heavy (non-hydrogen) atoms. The lowest BCUT2D eigenvalue weighted by molar-refractivity contribution is 0.683. The Hall–Kier alpha value is -1.50. The molecule has 2 rings (SSSR count). The fraction of sp³-hybridized carbons (Fsp3) is 0.375. The van der Waals surface area contributed by atoms with E-state index >= 15 is 0 Å². The summed E-state index contributed by atoms with van der Waals surface area (Å²) < 4.78 is 0. The summed E-state index contributed by atoms with van der Waals surface area (Å²) in [4.78, 5) is 10.8. The van der Waals surface area contributed by atoms with E-state index < -0.39 is 0 Å². The van der Waals surface area contributed by atoms with Crippen LogP contribution in [0.4, 0.5) is 5.13 Å². The van der Waals surface area contributed by atoms with Gasteiger partial charge in [0.1, 0.15) is 0 Å². The molecule has 2 aromatic rings. The van der Waals surface area contributed by atoms with Gasteiger partial charge in [-0.15, -0.1) is 11.3 Å². The Balaban J connectivity index is 1.94. The highest BCUT2D eigenvalue weighted by Crippen LogP contribution is 2.25. The predicted molar refractivity (Wildman–Crippen MR) is 105 cm³/mol. The van der Waals surface area contributed by atoms with Gasteiger partial charge in [-0.3, -0.25) is 4.99 Å². The van der Waals surface area contributed by atoms with Crippen LogP contribution in [0.25, 0.3) is 0 Å². The lowest BCUT2D eigenvalue weighted by Gasteiger charge is -2.18. The zero-order valence-electron chi connectivity index (χ0n) is 14.1. The smallest absolute Gasteiger partial charge is 0.191 e. The third kappa shape index (κ3) is 5.00. The van der Waals surface area contributed by atoms with Gasteiger partial charge in [-0.25, -0.2) is 4.98 Å². The van der Waals surface area contributed by atoms with Crippen LogP contribution in [0.1, 0.15) is 24.2 Å². The van der Waals surface area contributed by atoms with Crippen molar-refractivity contribution in [3.05, 3.63) is 44.9 Å². The molecule has 1 atom stereocenters. The minimum atomic E-state index is 0.0405. The number of nitrogens with one attached hydrogen (secondary N) is 2. The van der Waals surface area contributed by atoms with Gasteiger partial charge in [-0.1, -0.05) is 29.3 Å². The van der Waals surface area contributed by atoms with Gasteiger partial charge >= 0.3 is 0 Å². The van der Waals surface area contributed by atoms with Crippen molar-refractivity contribution < 1.29 is 0 Å². The molecule has 0 spiro atoms. The molecule has 0 saturated carbocycles. The lowest BCUT2D eigenvalue weighted by Crippen LogP contribution is -2.38. The summed E-state index contributed by atoms with van der Waals surface area (Å²) in [7, 11) is 5.70. The highest BCUT2D eigenvalue weighted by molar-refractivity contribution is 7.13. The number of thiazole rings is 1. The molecule has 2 N–H and O–H groups in total. The Bertz CT molecular complexity index is 714. The van der Waals surface area contributed by atoms with Crippen LogP contribution in [0, 0.1) is 0 Å². The molecule has 1 aromatic carbocycles. The van der Waals surface area contributed by atoms with Gasteiger partial charge in [-0.2, -0.15) is 0 Å². The number of halogens is 2. The van der Waals surface area contributed by atoms with Gasteiger partial charge in [0.15, 0.2) is 11.1 Å². The number of aromatic nitrogens is 1. The maximum Gasteiger partial charge on any atom is 0.191 e. The van der Waals surface area contributed by atoms with Crippen molar-refractivity contribution in [2.24, 2.45) is 4.99 Å². The molecule has 0 bridgehead atoms. The molecule has 1 aromatic heterocycles. The summed E-state index contributed by atoms with van der Waals surface area (Å²) in [6.45, 7) is 2.65. The van der Waals surface area contributed by atoms with Gasteiger partial charge in [0.25, 0.3) is 0 Å². The topological polar surface area (TPSA) is 52.6 Å². The van der Waals surface area contributed by atoms with Crippen molar-refractivity contribution in [1.29, 1.82) is 0 Å². The Kier molecular flexibility index (Phi) is 6.71. The minimum Gasteiger partial charge on any atom is -0.354 e. The van der Waals surface area contributed by atoms with Crippen LogP contribution in [0.3, 0.4) is 0 Å². The number of rotatable bonds is 5. The van der Waals surface area contributed by atoms with Crippen molar-refractivity contribution in [1.82, 2.24) is 15.6 Å². The first-order valence-electron chi connectivity index (χ1n) is 7.44. The molecular weight excluding hydrogens is 365 g/mol. The molecule has 0 aliphatic heterocycles. The lowest BCUT2D eigenvalue weighted by atomic mass is 10.1. The second-order valence-electron chi connectivity index (χ2n) is 5.48. The first-order chi connectivity index (χ1) is 11.4. The first-order valence-corrected chi connectivity index (χ1v) is 9.08. The SMILES string of the molecule is CN=C(NCc1csc(N(C)C)n1)NC(C)c1ccc(Cl)c(Cl)c1. The quantitative estimate of drug-likeness (QED) is 0.604. The average Bonchev–Trinajstić information content (AvgIpc) is 3.03. The van der Waals surface area contributed by atoms with Crippen molar-refractivity contribution in [3.8, 4) is 0 Å². The number of benzene rings is 1. The van der Waals surface area contributed by atoms with Gasteiger partial charge in [0, 0.05) is 26.5 Å². The van der Waals surface area contributed by atoms with Crippen LogP contribution in [0.5, 0.6) is 0 Å². The van der Waals surface area contributed by atoms with Crippen molar-refractivity contribution in [2.75, 3.05) is 26.0 Å². The Morgan fingerprint density at radius 2 is 2.08 bits per heavy atom. The van der Waals surface area contributed by atoms with Gasteiger partial charge in [0.05, 0.1) is 28.3 Å². The molecule has 8 heteroatoms. The Morgan fingerprint density at radius 1 is 1.33 bits per heavy atom. The van der Waals surface area contributed by atoms with Crippen LogP contribution < -0.4 is 15.5 Å². The van der Waals surface area contributed by atoms with E-state index in [0.29, 0.717) is 22.5 Å². The number of aliphatic imine (C=N–C) groups is 1. The molecule has 1 heterocycles. The van der Waals surface area contributed by atoms with Crippen LogP contribution in [0.15, 0.2) is 28.6 Å². The van der Waals surface area contributed by atoms with Gasteiger partial charge in [-0.05, 0) is 24.6 Å². The predicted octanol–water partition coefficient (Wildman–Crippen LogP) is 3.94. The zero-order valence-corrected chi connectivity index (χ0v) is 16.4. The molecule has 5 nitrogen and oxygen atoms in total. The average molecular weight is 386 g/mol. The maximum atomic E-state index is 6.08. The van der Waals surface area contributed by atoms with E-state index in [9.17, 15) is 0 Å². The summed E-state index contributed by atoms with van der Waals surface area (Å²) in [5.41, 5.74) is 2.02. The van der Waals surface area contributed by atoms with Gasteiger partial charge in [0.2, 0.25) is 0 Å². The van der Waals surface area contributed by atoms with E-state index in [1.807, 2.05) is 43.4 Å². The Morgan fingerprint density at radius 3 is 2.67 bits per heavy atom. The number of hydrogen-bond acceptors (Lipinski definition) is 4. The maximum absolute atomic E-state index is 6.08. The number of guanidine groups is 1. The molecule has 130 valence electrons. The van der Waals surface area contributed by atoms with E-state index in [4.69, 9.17) is 23.2 Å². The van der Waals surface area contributed by atoms with Crippen LogP contribution in [-0.4, -0.2) is 32.1 Å². The fourth-order valence-corrected chi connectivity index (χ4v) is 3.09. The molecule has 0 aliphatic rings. The number of nitrogens with zero attached hydrogens (tertiary/aromatic N) is 3. The fourth-order valence-electron chi connectivity index (χ4n) is 2.02. The summed E-state index contributed by atoms with van der Waals surface area (Å²) in [6, 6.07) is 5.64. The minimum absolute atomic E-state index is 0.0405. The van der Waals surface area contributed by atoms with Crippen LogP contribution >= 0.6 is 34.5 Å². The third-order valence-electron chi connectivity index (χ3n) is 3.38. The van der Waals surface area contributed by atoms with Gasteiger partial charge < -0.3 is 15.5 Å². The standard InChI is InChI=1S/C16H21Cl2N5S/c1-10(11-5-6-13(17)14(18)7-11)21-15(19-2)20-8-12-9-24-16(22-12)23(3)4/h5-7,9-10H,8H2,1-4H3,(H2,19,20,21). The van der Waals surface area contributed by atoms with E-state index in [0.717, 1.165) is 16.4 Å². The van der Waals surface area contributed by atoms with Crippen molar-refractivity contribution in [3.63, 3.8) is 0 Å². The van der Waals surface area contributed by atoms with Crippen LogP contribution in [0.2, 0.25) is 10.0 Å². The van der Waals surface area contributed by atoms with E-state index in [1.54, 1.807) is 24.5 Å². The third-order valence-corrected chi connectivity index (χ3v) is 5.18. The number of hydrogen-bond donors (Lipinski definition) is 2. The second-order valence-corrected chi connectivity index (χ2v) is 7.13. The molecule has 0 fully saturated rings. The largest absolute Gasteiger partial charge is 0.354 e. The van der Waals surface area contributed by atoms with Crippen molar-refractivity contribution >= 4 is 45.6 Å². The second kappa shape index (κ2) is 8.55. The highest BCUT2D eigenvalue weighted by atomic mass is 35.5. The normalized spacial score (nSPS) is 12.8.